The summed E-state index contributed by atoms with van der Waals surface area (Å²) in [6.07, 6.45) is 10.3. The third-order valence-corrected chi connectivity index (χ3v) is 6.13. The van der Waals surface area contributed by atoms with Gasteiger partial charge < -0.3 is 4.90 Å². The minimum absolute atomic E-state index is 0.471. The highest BCUT2D eigenvalue weighted by atomic mass is 32.2. The molecule has 0 aromatic heterocycles. The van der Waals surface area contributed by atoms with Crippen molar-refractivity contribution in [2.75, 3.05) is 31.6 Å². The minimum Gasteiger partial charge on any atom is -0.303 e. The van der Waals surface area contributed by atoms with Crippen LogP contribution in [0.3, 0.4) is 0 Å². The largest absolute Gasteiger partial charge is 0.303 e. The topological polar surface area (TPSA) is 3.24 Å². The molecule has 0 aromatic rings. The predicted octanol–water partition coefficient (Wildman–Crippen LogP) is 4.33. The lowest BCUT2D eigenvalue weighted by atomic mass is 9.80. The smallest absolute Gasteiger partial charge is 0.00685 e. The van der Waals surface area contributed by atoms with Crippen LogP contribution in [-0.4, -0.2) is 41.8 Å². The highest BCUT2D eigenvalue weighted by Gasteiger charge is 2.30. The van der Waals surface area contributed by atoms with E-state index in [9.17, 15) is 0 Å². The van der Waals surface area contributed by atoms with E-state index in [0.717, 1.165) is 11.0 Å². The number of piperidine rings is 1. The molecule has 0 unspecified atom stereocenters. The third-order valence-electron chi connectivity index (χ3n) is 4.32. The van der Waals surface area contributed by atoms with Crippen LogP contribution in [0.1, 0.15) is 52.4 Å². The molecule has 1 heterocycles. The van der Waals surface area contributed by atoms with Crippen LogP contribution in [0, 0.1) is 5.41 Å². The van der Waals surface area contributed by atoms with Gasteiger partial charge in [0.15, 0.2) is 0 Å². The summed E-state index contributed by atoms with van der Waals surface area (Å²) < 4.78 is 0. The summed E-state index contributed by atoms with van der Waals surface area (Å²) in [5.41, 5.74) is 0.471. The Hall–Kier alpha value is 0.660. The van der Waals surface area contributed by atoms with Gasteiger partial charge in [0.2, 0.25) is 0 Å². The van der Waals surface area contributed by atoms with Gasteiger partial charge in [0.25, 0.3) is 0 Å². The summed E-state index contributed by atoms with van der Waals surface area (Å²) >= 11 is 6.72. The van der Waals surface area contributed by atoms with E-state index in [1.54, 1.807) is 0 Å². The van der Waals surface area contributed by atoms with Crippen molar-refractivity contribution in [1.82, 2.24) is 4.90 Å². The van der Waals surface area contributed by atoms with Crippen LogP contribution in [0.15, 0.2) is 0 Å². The Morgan fingerprint density at radius 3 is 2.11 bits per heavy atom. The van der Waals surface area contributed by atoms with Crippen molar-refractivity contribution in [3.63, 3.8) is 0 Å². The zero-order valence-corrected chi connectivity index (χ0v) is 14.2. The molecule has 1 saturated heterocycles. The van der Waals surface area contributed by atoms with Crippen LogP contribution in [0.2, 0.25) is 0 Å². The normalized spacial score (nSPS) is 19.3. The second-order valence-electron chi connectivity index (χ2n) is 5.87. The highest BCUT2D eigenvalue weighted by Crippen LogP contribution is 2.34. The zero-order valence-electron chi connectivity index (χ0n) is 12.5. The number of hydrogen-bond acceptors (Lipinski definition) is 3. The molecule has 18 heavy (non-hydrogen) atoms. The molecular weight excluding hydrogens is 258 g/mol. The molecule has 1 aliphatic rings. The molecule has 1 aliphatic heterocycles. The maximum absolute atomic E-state index is 4.67. The lowest BCUT2D eigenvalue weighted by molar-refractivity contribution is 0.129. The number of thiol groups is 1. The monoisotopic (exact) mass is 289 g/mol. The molecule has 1 nitrogen and oxygen atoms in total. The average Bonchev–Trinajstić information content (AvgIpc) is 2.40. The SMILES string of the molecule is CCCC(CS)(CCC)CN1CCC(SC)CC1. The van der Waals surface area contributed by atoms with Gasteiger partial charge in [-0.25, -0.2) is 0 Å². The molecule has 108 valence electrons. The summed E-state index contributed by atoms with van der Waals surface area (Å²) in [5.74, 6) is 1.05. The van der Waals surface area contributed by atoms with E-state index < -0.39 is 0 Å². The Morgan fingerprint density at radius 1 is 1.17 bits per heavy atom. The maximum Gasteiger partial charge on any atom is 0.00685 e. The number of thioether (sulfide) groups is 1. The number of hydrogen-bond donors (Lipinski definition) is 1. The first-order chi connectivity index (χ1) is 8.69. The fraction of sp³-hybridized carbons (Fsp3) is 1.00. The molecule has 0 N–H and O–H groups in total. The van der Waals surface area contributed by atoms with Crippen molar-refractivity contribution in [2.45, 2.75) is 57.6 Å². The molecule has 1 fully saturated rings. The molecule has 0 bridgehead atoms. The van der Waals surface area contributed by atoms with E-state index in [4.69, 9.17) is 0 Å². The molecule has 0 aliphatic carbocycles. The van der Waals surface area contributed by atoms with Crippen molar-refractivity contribution in [2.24, 2.45) is 5.41 Å². The van der Waals surface area contributed by atoms with Gasteiger partial charge in [-0.1, -0.05) is 26.7 Å². The van der Waals surface area contributed by atoms with Crippen LogP contribution in [0.4, 0.5) is 0 Å². The van der Waals surface area contributed by atoms with Gasteiger partial charge in [-0.15, -0.1) is 0 Å². The van der Waals surface area contributed by atoms with E-state index in [0.29, 0.717) is 5.41 Å². The summed E-state index contributed by atoms with van der Waals surface area (Å²) in [5, 5.41) is 0.906. The van der Waals surface area contributed by atoms with E-state index in [-0.39, 0.29) is 0 Å². The molecule has 0 spiro atoms. The first-order valence-corrected chi connectivity index (χ1v) is 9.47. The van der Waals surface area contributed by atoms with Gasteiger partial charge in [-0.2, -0.15) is 24.4 Å². The van der Waals surface area contributed by atoms with Crippen molar-refractivity contribution < 1.29 is 0 Å². The van der Waals surface area contributed by atoms with E-state index in [1.165, 1.54) is 58.2 Å². The van der Waals surface area contributed by atoms with E-state index in [1.807, 2.05) is 0 Å². The lowest BCUT2D eigenvalue weighted by Gasteiger charge is -2.40. The van der Waals surface area contributed by atoms with Gasteiger partial charge in [-0.3, -0.25) is 0 Å². The molecule has 0 radical (unpaired) electrons. The third kappa shape index (κ3) is 4.97. The first-order valence-electron chi connectivity index (χ1n) is 7.55. The van der Waals surface area contributed by atoms with Crippen molar-refractivity contribution >= 4 is 24.4 Å². The van der Waals surface area contributed by atoms with Crippen molar-refractivity contribution in [1.29, 1.82) is 0 Å². The Bertz CT molecular complexity index is 207. The summed E-state index contributed by atoms with van der Waals surface area (Å²) in [6, 6.07) is 0. The molecule has 0 atom stereocenters. The standard InChI is InChI=1S/C15H31NS2/c1-4-8-15(13-17,9-5-2)12-16-10-6-14(18-3)7-11-16/h14,17H,4-13H2,1-3H3. The van der Waals surface area contributed by atoms with Crippen LogP contribution < -0.4 is 0 Å². The van der Waals surface area contributed by atoms with Crippen molar-refractivity contribution in [3.05, 3.63) is 0 Å². The summed E-state index contributed by atoms with van der Waals surface area (Å²) in [7, 11) is 0. The summed E-state index contributed by atoms with van der Waals surface area (Å²) in [4.78, 5) is 2.70. The van der Waals surface area contributed by atoms with Crippen LogP contribution in [0.25, 0.3) is 0 Å². The average molecular weight is 290 g/mol. The van der Waals surface area contributed by atoms with Crippen LogP contribution in [0.5, 0.6) is 0 Å². The fourth-order valence-electron chi connectivity index (χ4n) is 3.33. The van der Waals surface area contributed by atoms with Crippen molar-refractivity contribution in [3.8, 4) is 0 Å². The predicted molar refractivity (Wildman–Crippen MR) is 89.1 cm³/mol. The molecule has 0 saturated carbocycles. The zero-order chi connectivity index (χ0) is 13.4. The van der Waals surface area contributed by atoms with Gasteiger partial charge in [0.1, 0.15) is 0 Å². The second kappa shape index (κ2) is 8.76. The van der Waals surface area contributed by atoms with E-state index >= 15 is 0 Å². The summed E-state index contributed by atoms with van der Waals surface area (Å²) in [6.45, 7) is 8.50. The Kier molecular flexibility index (Phi) is 8.13. The second-order valence-corrected chi connectivity index (χ2v) is 7.32. The van der Waals surface area contributed by atoms with Gasteiger partial charge in [0, 0.05) is 11.8 Å². The van der Waals surface area contributed by atoms with Crippen LogP contribution in [-0.2, 0) is 0 Å². The Morgan fingerprint density at radius 2 is 1.72 bits per heavy atom. The molecule has 0 amide bonds. The highest BCUT2D eigenvalue weighted by molar-refractivity contribution is 7.99. The Balaban J connectivity index is 2.50. The number of nitrogens with zero attached hydrogens (tertiary/aromatic N) is 1. The molecule has 0 aromatic carbocycles. The Labute approximate surface area is 124 Å². The van der Waals surface area contributed by atoms with Gasteiger partial charge in [-0.05, 0) is 56.2 Å². The van der Waals surface area contributed by atoms with Gasteiger partial charge >= 0.3 is 0 Å². The maximum atomic E-state index is 4.67. The number of likely N-dealkylation sites (tertiary alicyclic amines) is 1. The van der Waals surface area contributed by atoms with Gasteiger partial charge in [0.05, 0.1) is 0 Å². The fourth-order valence-corrected chi connectivity index (χ4v) is 4.43. The molecule has 3 heteroatoms. The lowest BCUT2D eigenvalue weighted by Crippen LogP contribution is -2.43. The molecule has 1 rings (SSSR count). The minimum atomic E-state index is 0.471. The first kappa shape index (κ1) is 16.7. The quantitative estimate of drug-likeness (QED) is 0.663. The number of rotatable bonds is 8. The van der Waals surface area contributed by atoms with Crippen LogP contribution >= 0.6 is 24.4 Å². The van der Waals surface area contributed by atoms with E-state index in [2.05, 4.69) is 49.4 Å². The molecular formula is C15H31NS2.